The number of carbonyl (C=O) groups is 1. The zero-order valence-corrected chi connectivity index (χ0v) is 10.9. The molecular weight excluding hydrogens is 228 g/mol. The van der Waals surface area contributed by atoms with E-state index in [0.29, 0.717) is 26.1 Å². The van der Waals surface area contributed by atoms with Gasteiger partial charge in [-0.05, 0) is 17.5 Å². The Hall–Kier alpha value is -1.39. The summed E-state index contributed by atoms with van der Waals surface area (Å²) in [5, 5.41) is 2.86. The van der Waals surface area contributed by atoms with E-state index < -0.39 is 0 Å². The molecule has 0 aliphatic carbocycles. The van der Waals surface area contributed by atoms with Gasteiger partial charge in [0.1, 0.15) is 0 Å². The van der Waals surface area contributed by atoms with Gasteiger partial charge >= 0.3 is 0 Å². The van der Waals surface area contributed by atoms with Gasteiger partial charge in [-0.2, -0.15) is 0 Å². The molecule has 0 radical (unpaired) electrons. The van der Waals surface area contributed by atoms with Gasteiger partial charge in [0.05, 0.1) is 6.61 Å². The van der Waals surface area contributed by atoms with Gasteiger partial charge in [-0.25, -0.2) is 0 Å². The second-order valence-electron chi connectivity index (χ2n) is 4.14. The molecule has 0 heterocycles. The Kier molecular flexibility index (Phi) is 7.06. The number of nitrogens with two attached hydrogens (primary N) is 1. The maximum Gasteiger partial charge on any atom is 0.221 e. The predicted molar refractivity (Wildman–Crippen MR) is 71.9 cm³/mol. The van der Waals surface area contributed by atoms with Crippen LogP contribution in [0, 0.1) is 0 Å². The first-order valence-corrected chi connectivity index (χ1v) is 6.39. The van der Waals surface area contributed by atoms with Crippen molar-refractivity contribution in [3.63, 3.8) is 0 Å². The molecular formula is C14H22N2O2. The van der Waals surface area contributed by atoms with Crippen LogP contribution in [0.25, 0.3) is 0 Å². The third kappa shape index (κ3) is 5.29. The minimum absolute atomic E-state index is 0.0122. The van der Waals surface area contributed by atoms with Crippen LogP contribution >= 0.6 is 0 Å². The van der Waals surface area contributed by atoms with Crippen molar-refractivity contribution in [2.45, 2.75) is 32.9 Å². The fourth-order valence-corrected chi connectivity index (χ4v) is 1.61. The molecule has 3 N–H and O–H groups in total. The predicted octanol–water partition coefficient (Wildman–Crippen LogP) is 1.58. The highest BCUT2D eigenvalue weighted by Gasteiger charge is 2.04. The largest absolute Gasteiger partial charge is 0.377 e. The third-order valence-corrected chi connectivity index (χ3v) is 2.57. The van der Waals surface area contributed by atoms with Gasteiger partial charge in [0.25, 0.3) is 0 Å². The maximum absolute atomic E-state index is 11.4. The van der Waals surface area contributed by atoms with Gasteiger partial charge in [-0.3, -0.25) is 4.79 Å². The molecule has 0 aliphatic heterocycles. The summed E-state index contributed by atoms with van der Waals surface area (Å²) in [5.74, 6) is -0.0122. The fourth-order valence-electron chi connectivity index (χ4n) is 1.61. The zero-order chi connectivity index (χ0) is 13.2. The fraction of sp³-hybridized carbons (Fsp3) is 0.500. The van der Waals surface area contributed by atoms with Gasteiger partial charge in [-0.1, -0.05) is 31.2 Å². The first kappa shape index (κ1) is 14.7. The molecule has 0 aliphatic rings. The molecule has 0 fully saturated rings. The summed E-state index contributed by atoms with van der Waals surface area (Å²) in [6, 6.07) is 7.98. The van der Waals surface area contributed by atoms with Crippen molar-refractivity contribution in [3.05, 3.63) is 35.4 Å². The molecule has 0 atom stereocenters. The van der Waals surface area contributed by atoms with E-state index in [1.54, 1.807) is 0 Å². The van der Waals surface area contributed by atoms with E-state index in [1.807, 2.05) is 24.3 Å². The number of benzene rings is 1. The van der Waals surface area contributed by atoms with Crippen LogP contribution < -0.4 is 11.1 Å². The quantitative estimate of drug-likeness (QED) is 0.688. The molecule has 4 heteroatoms. The summed E-state index contributed by atoms with van der Waals surface area (Å²) in [5.41, 5.74) is 7.55. The maximum atomic E-state index is 11.4. The van der Waals surface area contributed by atoms with E-state index in [-0.39, 0.29) is 5.91 Å². The van der Waals surface area contributed by atoms with Crippen LogP contribution in [0.15, 0.2) is 24.3 Å². The monoisotopic (exact) mass is 250 g/mol. The Morgan fingerprint density at radius 1 is 1.33 bits per heavy atom. The average Bonchev–Trinajstić information content (AvgIpc) is 2.38. The number of ether oxygens (including phenoxy) is 1. The molecule has 0 spiro atoms. The highest BCUT2D eigenvalue weighted by molar-refractivity contribution is 5.76. The lowest BCUT2D eigenvalue weighted by Crippen LogP contribution is -2.25. The van der Waals surface area contributed by atoms with Crippen molar-refractivity contribution in [1.29, 1.82) is 0 Å². The summed E-state index contributed by atoms with van der Waals surface area (Å²) in [6.45, 7) is 4.35. The highest BCUT2D eigenvalue weighted by Crippen LogP contribution is 2.10. The average molecular weight is 250 g/mol. The minimum Gasteiger partial charge on any atom is -0.377 e. The molecule has 18 heavy (non-hydrogen) atoms. The van der Waals surface area contributed by atoms with Gasteiger partial charge < -0.3 is 15.8 Å². The van der Waals surface area contributed by atoms with Crippen LogP contribution in [-0.4, -0.2) is 19.1 Å². The Morgan fingerprint density at radius 3 is 2.72 bits per heavy atom. The van der Waals surface area contributed by atoms with Crippen molar-refractivity contribution in [2.75, 3.05) is 13.2 Å². The lowest BCUT2D eigenvalue weighted by Gasteiger charge is -2.10. The standard InChI is InChI=1S/C14H22N2O2/c1-2-9-18-11-13-6-4-3-5-12(13)10-16-14(17)7-8-15/h3-6H,2,7-11,15H2,1H3,(H,16,17). The molecule has 1 aromatic carbocycles. The van der Waals surface area contributed by atoms with Gasteiger partial charge in [0.15, 0.2) is 0 Å². The van der Waals surface area contributed by atoms with Crippen LogP contribution in [0.4, 0.5) is 0 Å². The Balaban J connectivity index is 2.50. The topological polar surface area (TPSA) is 64.3 Å². The Labute approximate surface area is 109 Å². The Bertz CT molecular complexity index is 367. The molecule has 0 unspecified atom stereocenters. The number of rotatable bonds is 8. The smallest absolute Gasteiger partial charge is 0.221 e. The molecule has 0 saturated heterocycles. The summed E-state index contributed by atoms with van der Waals surface area (Å²) in [6.07, 6.45) is 1.38. The second-order valence-corrected chi connectivity index (χ2v) is 4.14. The zero-order valence-electron chi connectivity index (χ0n) is 10.9. The SMILES string of the molecule is CCCOCc1ccccc1CNC(=O)CCN. The molecule has 4 nitrogen and oxygen atoms in total. The molecule has 0 aromatic heterocycles. The number of carbonyl (C=O) groups excluding carboxylic acids is 1. The first-order chi connectivity index (χ1) is 8.77. The van der Waals surface area contributed by atoms with E-state index in [2.05, 4.69) is 12.2 Å². The van der Waals surface area contributed by atoms with Crippen molar-refractivity contribution < 1.29 is 9.53 Å². The number of amides is 1. The molecule has 0 saturated carbocycles. The van der Waals surface area contributed by atoms with Crippen LogP contribution in [0.1, 0.15) is 30.9 Å². The lowest BCUT2D eigenvalue weighted by atomic mass is 10.1. The van der Waals surface area contributed by atoms with E-state index in [1.165, 1.54) is 0 Å². The normalized spacial score (nSPS) is 10.3. The molecule has 1 amide bonds. The molecule has 1 rings (SSSR count). The molecule has 100 valence electrons. The van der Waals surface area contributed by atoms with Crippen molar-refractivity contribution in [1.82, 2.24) is 5.32 Å². The first-order valence-electron chi connectivity index (χ1n) is 6.39. The number of nitrogens with one attached hydrogen (secondary N) is 1. The van der Waals surface area contributed by atoms with Crippen LogP contribution in [-0.2, 0) is 22.7 Å². The van der Waals surface area contributed by atoms with Crippen molar-refractivity contribution in [2.24, 2.45) is 5.73 Å². The van der Waals surface area contributed by atoms with Crippen molar-refractivity contribution >= 4 is 5.91 Å². The van der Waals surface area contributed by atoms with Crippen LogP contribution in [0.5, 0.6) is 0 Å². The van der Waals surface area contributed by atoms with E-state index >= 15 is 0 Å². The summed E-state index contributed by atoms with van der Waals surface area (Å²) in [7, 11) is 0. The number of hydrogen-bond acceptors (Lipinski definition) is 3. The van der Waals surface area contributed by atoms with Crippen molar-refractivity contribution in [3.8, 4) is 0 Å². The summed E-state index contributed by atoms with van der Waals surface area (Å²) in [4.78, 5) is 11.4. The summed E-state index contributed by atoms with van der Waals surface area (Å²) >= 11 is 0. The van der Waals surface area contributed by atoms with Gasteiger partial charge in [0, 0.05) is 26.1 Å². The third-order valence-electron chi connectivity index (χ3n) is 2.57. The lowest BCUT2D eigenvalue weighted by molar-refractivity contribution is -0.121. The highest BCUT2D eigenvalue weighted by atomic mass is 16.5. The minimum atomic E-state index is -0.0122. The molecule has 0 bridgehead atoms. The second kappa shape index (κ2) is 8.66. The van der Waals surface area contributed by atoms with E-state index in [9.17, 15) is 4.79 Å². The Morgan fingerprint density at radius 2 is 2.06 bits per heavy atom. The van der Waals surface area contributed by atoms with E-state index in [0.717, 1.165) is 24.2 Å². The van der Waals surface area contributed by atoms with Crippen LogP contribution in [0.2, 0.25) is 0 Å². The van der Waals surface area contributed by atoms with Crippen LogP contribution in [0.3, 0.4) is 0 Å². The van der Waals surface area contributed by atoms with Gasteiger partial charge in [0.2, 0.25) is 5.91 Å². The number of hydrogen-bond donors (Lipinski definition) is 2. The molecule has 1 aromatic rings. The van der Waals surface area contributed by atoms with Gasteiger partial charge in [-0.15, -0.1) is 0 Å². The summed E-state index contributed by atoms with van der Waals surface area (Å²) < 4.78 is 5.53. The van der Waals surface area contributed by atoms with E-state index in [4.69, 9.17) is 10.5 Å².